The molecule has 1 heterocycles. The van der Waals surface area contributed by atoms with Crippen LogP contribution in [0.2, 0.25) is 0 Å². The molecule has 3 nitrogen and oxygen atoms in total. The molecule has 0 amide bonds. The monoisotopic (exact) mass is 139 g/mol. The highest BCUT2D eigenvalue weighted by atomic mass is 15.2. The molecule has 1 rings (SSSR count). The fraction of sp³-hybridized carbons (Fsp3) is 0.714. The molecule has 0 aliphatic carbocycles. The zero-order valence-corrected chi connectivity index (χ0v) is 6.65. The van der Waals surface area contributed by atoms with Gasteiger partial charge in [0, 0.05) is 18.3 Å². The second-order valence-corrected chi connectivity index (χ2v) is 2.84. The number of rotatable bonds is 1. The third-order valence-corrected chi connectivity index (χ3v) is 1.72. The van der Waals surface area contributed by atoms with E-state index in [1.165, 1.54) is 0 Å². The highest BCUT2D eigenvalue weighted by Gasteiger charge is 2.17. The molecule has 3 heteroatoms. The summed E-state index contributed by atoms with van der Waals surface area (Å²) in [6, 6.07) is 0.414. The van der Waals surface area contributed by atoms with E-state index >= 15 is 0 Å². The predicted molar refractivity (Wildman–Crippen MR) is 43.6 cm³/mol. The lowest BCUT2D eigenvalue weighted by Gasteiger charge is -2.24. The molecule has 0 radical (unpaired) electrons. The van der Waals surface area contributed by atoms with Crippen LogP contribution in [0, 0.1) is 5.92 Å². The van der Waals surface area contributed by atoms with E-state index < -0.39 is 0 Å². The van der Waals surface area contributed by atoms with Gasteiger partial charge in [-0.25, -0.2) is 0 Å². The molecule has 10 heavy (non-hydrogen) atoms. The normalized spacial score (nSPS) is 31.6. The van der Waals surface area contributed by atoms with Gasteiger partial charge in [-0.1, -0.05) is 6.92 Å². The van der Waals surface area contributed by atoms with Gasteiger partial charge in [-0.3, -0.25) is 0 Å². The Bertz CT molecular complexity index is 160. The van der Waals surface area contributed by atoms with Gasteiger partial charge in [0.2, 0.25) is 0 Å². The van der Waals surface area contributed by atoms with Crippen molar-refractivity contribution >= 4 is 12.4 Å². The molecule has 1 aliphatic rings. The minimum atomic E-state index is 0.414. The largest absolute Gasteiger partial charge is 0.301 e. The van der Waals surface area contributed by atoms with Crippen molar-refractivity contribution in [1.82, 2.24) is 4.90 Å². The van der Waals surface area contributed by atoms with Gasteiger partial charge in [0.15, 0.2) is 0 Å². The third kappa shape index (κ3) is 1.42. The first kappa shape index (κ1) is 7.41. The molecule has 0 saturated heterocycles. The smallest absolute Gasteiger partial charge is 0.0540 e. The first-order valence-corrected chi connectivity index (χ1v) is 3.45. The average molecular weight is 139 g/mol. The van der Waals surface area contributed by atoms with E-state index in [2.05, 4.69) is 22.0 Å². The summed E-state index contributed by atoms with van der Waals surface area (Å²) in [5.41, 5.74) is 0. The summed E-state index contributed by atoms with van der Waals surface area (Å²) in [5, 5.41) is 7.64. The van der Waals surface area contributed by atoms with Gasteiger partial charge in [0.1, 0.15) is 0 Å². The van der Waals surface area contributed by atoms with Gasteiger partial charge in [-0.05, 0) is 14.1 Å². The summed E-state index contributed by atoms with van der Waals surface area (Å²) in [7, 11) is 4.10. The Morgan fingerprint density at radius 2 is 1.80 bits per heavy atom. The Hall–Kier alpha value is -0.700. The quantitative estimate of drug-likeness (QED) is 0.523. The van der Waals surface area contributed by atoms with Crippen molar-refractivity contribution in [2.45, 2.75) is 13.0 Å². The third-order valence-electron chi connectivity index (χ3n) is 1.72. The molecule has 1 aliphatic heterocycles. The van der Waals surface area contributed by atoms with E-state index in [9.17, 15) is 0 Å². The molecule has 0 aromatic rings. The van der Waals surface area contributed by atoms with E-state index in [0.29, 0.717) is 12.0 Å². The second-order valence-electron chi connectivity index (χ2n) is 2.84. The zero-order valence-electron chi connectivity index (χ0n) is 6.65. The van der Waals surface area contributed by atoms with E-state index in [4.69, 9.17) is 0 Å². The van der Waals surface area contributed by atoms with E-state index in [1.807, 2.05) is 26.5 Å². The van der Waals surface area contributed by atoms with Crippen molar-refractivity contribution in [1.29, 1.82) is 0 Å². The zero-order chi connectivity index (χ0) is 7.56. The van der Waals surface area contributed by atoms with Gasteiger partial charge in [-0.15, -0.1) is 0 Å². The molecule has 2 unspecified atom stereocenters. The molecule has 56 valence electrons. The average Bonchev–Trinajstić information content (AvgIpc) is 1.88. The van der Waals surface area contributed by atoms with Crippen LogP contribution in [0.25, 0.3) is 0 Å². The molecule has 0 spiro atoms. The van der Waals surface area contributed by atoms with Gasteiger partial charge in [0.05, 0.1) is 6.04 Å². The van der Waals surface area contributed by atoms with Crippen molar-refractivity contribution in [3.05, 3.63) is 0 Å². The predicted octanol–water partition coefficient (Wildman–Crippen LogP) is 0.623. The Balaban J connectivity index is 2.61. The molecule has 0 bridgehead atoms. The van der Waals surface area contributed by atoms with Crippen molar-refractivity contribution in [2.24, 2.45) is 16.1 Å². The maximum atomic E-state index is 3.83. The summed E-state index contributed by atoms with van der Waals surface area (Å²) >= 11 is 0. The molecule has 0 saturated carbocycles. The SMILES string of the molecule is CC1C=NN=CC1N(C)C. The van der Waals surface area contributed by atoms with Gasteiger partial charge < -0.3 is 4.90 Å². The summed E-state index contributed by atoms with van der Waals surface area (Å²) in [6.45, 7) is 2.14. The molecule has 0 aromatic heterocycles. The van der Waals surface area contributed by atoms with Crippen LogP contribution in [0.3, 0.4) is 0 Å². The Labute approximate surface area is 61.4 Å². The van der Waals surface area contributed by atoms with Crippen LogP contribution in [0.4, 0.5) is 0 Å². The van der Waals surface area contributed by atoms with E-state index in [1.54, 1.807) is 0 Å². The van der Waals surface area contributed by atoms with Crippen molar-refractivity contribution in [3.8, 4) is 0 Å². The Kier molecular flexibility index (Phi) is 2.17. The maximum Gasteiger partial charge on any atom is 0.0540 e. The van der Waals surface area contributed by atoms with Crippen LogP contribution in [0.1, 0.15) is 6.92 Å². The minimum absolute atomic E-state index is 0.414. The Morgan fingerprint density at radius 3 is 2.20 bits per heavy atom. The molecule has 0 N–H and O–H groups in total. The highest BCUT2D eigenvalue weighted by Crippen LogP contribution is 2.06. The fourth-order valence-electron chi connectivity index (χ4n) is 1.08. The van der Waals surface area contributed by atoms with Crippen LogP contribution in [0.5, 0.6) is 0 Å². The minimum Gasteiger partial charge on any atom is -0.301 e. The first-order valence-electron chi connectivity index (χ1n) is 3.45. The summed E-state index contributed by atoms with van der Waals surface area (Å²) < 4.78 is 0. The van der Waals surface area contributed by atoms with Gasteiger partial charge in [0.25, 0.3) is 0 Å². The lowest BCUT2D eigenvalue weighted by atomic mass is 10.0. The lowest BCUT2D eigenvalue weighted by molar-refractivity contribution is 0.329. The Morgan fingerprint density at radius 1 is 1.20 bits per heavy atom. The number of hydrogen-bond acceptors (Lipinski definition) is 3. The summed E-state index contributed by atoms with van der Waals surface area (Å²) in [4.78, 5) is 2.14. The van der Waals surface area contributed by atoms with E-state index in [-0.39, 0.29) is 0 Å². The van der Waals surface area contributed by atoms with Crippen molar-refractivity contribution in [2.75, 3.05) is 14.1 Å². The summed E-state index contributed by atoms with van der Waals surface area (Å²) in [5.74, 6) is 0.479. The molecular formula is C7H13N3. The topological polar surface area (TPSA) is 28.0 Å². The molecule has 0 aromatic carbocycles. The molecule has 0 fully saturated rings. The maximum absolute atomic E-state index is 3.83. The standard InChI is InChI=1S/C7H13N3/c1-6-4-8-9-5-7(6)10(2)3/h4-7H,1-3H3. The molecule has 2 atom stereocenters. The summed E-state index contributed by atoms with van der Waals surface area (Å²) in [6.07, 6.45) is 3.76. The lowest BCUT2D eigenvalue weighted by Crippen LogP contribution is -2.37. The molecular weight excluding hydrogens is 126 g/mol. The second kappa shape index (κ2) is 2.92. The van der Waals surface area contributed by atoms with Crippen molar-refractivity contribution in [3.63, 3.8) is 0 Å². The van der Waals surface area contributed by atoms with Gasteiger partial charge >= 0.3 is 0 Å². The van der Waals surface area contributed by atoms with Crippen LogP contribution < -0.4 is 0 Å². The highest BCUT2D eigenvalue weighted by molar-refractivity contribution is 5.76. The van der Waals surface area contributed by atoms with Crippen LogP contribution in [-0.2, 0) is 0 Å². The van der Waals surface area contributed by atoms with Crippen LogP contribution >= 0.6 is 0 Å². The fourth-order valence-corrected chi connectivity index (χ4v) is 1.08. The van der Waals surface area contributed by atoms with Crippen molar-refractivity contribution < 1.29 is 0 Å². The first-order chi connectivity index (χ1) is 4.72. The van der Waals surface area contributed by atoms with Crippen LogP contribution in [-0.4, -0.2) is 37.5 Å². The number of hydrogen-bond donors (Lipinski definition) is 0. The van der Waals surface area contributed by atoms with Crippen LogP contribution in [0.15, 0.2) is 10.2 Å². The van der Waals surface area contributed by atoms with Gasteiger partial charge in [-0.2, -0.15) is 10.2 Å². The van der Waals surface area contributed by atoms with E-state index in [0.717, 1.165) is 0 Å². The number of nitrogens with zero attached hydrogens (tertiary/aromatic N) is 3.